The predicted octanol–water partition coefficient (Wildman–Crippen LogP) is 2.35. The molecular weight excluding hydrogens is 256 g/mol. The van der Waals surface area contributed by atoms with E-state index in [1.165, 1.54) is 4.80 Å². The predicted molar refractivity (Wildman–Crippen MR) is 76.5 cm³/mol. The maximum atomic E-state index is 11.2. The van der Waals surface area contributed by atoms with Gasteiger partial charge >= 0.3 is 5.97 Å². The van der Waals surface area contributed by atoms with Crippen LogP contribution in [-0.4, -0.2) is 32.6 Å². The molecule has 6 nitrogen and oxygen atoms in total. The Morgan fingerprint density at radius 3 is 2.70 bits per heavy atom. The summed E-state index contributed by atoms with van der Waals surface area (Å²) in [5.74, 6) is -0.769. The summed E-state index contributed by atoms with van der Waals surface area (Å²) in [5.41, 5.74) is 1.83. The molecule has 0 radical (unpaired) electrons. The van der Waals surface area contributed by atoms with Crippen LogP contribution >= 0.6 is 0 Å². The third-order valence-corrected chi connectivity index (χ3v) is 2.95. The molecule has 0 saturated carbocycles. The van der Waals surface area contributed by atoms with E-state index in [1.807, 2.05) is 38.1 Å². The third kappa shape index (κ3) is 2.79. The first-order valence-corrected chi connectivity index (χ1v) is 6.70. The SMILES string of the molecule is CCCNc1nn(-c2ccccc2CC)nc1C(=O)O. The minimum Gasteiger partial charge on any atom is -0.476 e. The fourth-order valence-electron chi connectivity index (χ4n) is 1.93. The molecule has 106 valence electrons. The fraction of sp³-hybridized carbons (Fsp3) is 0.357. The van der Waals surface area contributed by atoms with Crippen LogP contribution in [0.15, 0.2) is 24.3 Å². The van der Waals surface area contributed by atoms with Gasteiger partial charge in [0.25, 0.3) is 0 Å². The number of benzene rings is 1. The van der Waals surface area contributed by atoms with E-state index < -0.39 is 5.97 Å². The van der Waals surface area contributed by atoms with Crippen LogP contribution in [0.1, 0.15) is 36.3 Å². The largest absolute Gasteiger partial charge is 0.476 e. The highest BCUT2D eigenvalue weighted by atomic mass is 16.4. The van der Waals surface area contributed by atoms with E-state index in [2.05, 4.69) is 15.5 Å². The molecule has 0 aliphatic carbocycles. The second-order valence-electron chi connectivity index (χ2n) is 4.40. The van der Waals surface area contributed by atoms with Crippen molar-refractivity contribution in [1.82, 2.24) is 15.0 Å². The van der Waals surface area contributed by atoms with Crippen LogP contribution in [0.3, 0.4) is 0 Å². The van der Waals surface area contributed by atoms with Crippen LogP contribution in [0.5, 0.6) is 0 Å². The van der Waals surface area contributed by atoms with Crippen molar-refractivity contribution >= 4 is 11.8 Å². The van der Waals surface area contributed by atoms with E-state index in [0.29, 0.717) is 12.4 Å². The molecule has 6 heteroatoms. The Labute approximate surface area is 117 Å². The van der Waals surface area contributed by atoms with E-state index in [1.54, 1.807) is 0 Å². The molecule has 2 aromatic rings. The van der Waals surface area contributed by atoms with Crippen molar-refractivity contribution < 1.29 is 9.90 Å². The molecular formula is C14H18N4O2. The zero-order valence-corrected chi connectivity index (χ0v) is 11.6. The molecule has 0 fully saturated rings. The van der Waals surface area contributed by atoms with Gasteiger partial charge < -0.3 is 10.4 Å². The normalized spacial score (nSPS) is 10.5. The number of carboxylic acid groups (broad SMARTS) is 1. The van der Waals surface area contributed by atoms with Gasteiger partial charge in [0.15, 0.2) is 5.82 Å². The number of carbonyl (C=O) groups is 1. The van der Waals surface area contributed by atoms with Crippen molar-refractivity contribution in [2.24, 2.45) is 0 Å². The number of aryl methyl sites for hydroxylation is 1. The van der Waals surface area contributed by atoms with Gasteiger partial charge in [0.1, 0.15) is 0 Å². The van der Waals surface area contributed by atoms with Crippen LogP contribution < -0.4 is 5.32 Å². The minimum atomic E-state index is -1.08. The summed E-state index contributed by atoms with van der Waals surface area (Å²) < 4.78 is 0. The quantitative estimate of drug-likeness (QED) is 0.845. The van der Waals surface area contributed by atoms with E-state index in [4.69, 9.17) is 0 Å². The molecule has 0 saturated heterocycles. The summed E-state index contributed by atoms with van der Waals surface area (Å²) >= 11 is 0. The molecule has 2 rings (SSSR count). The van der Waals surface area contributed by atoms with E-state index in [9.17, 15) is 9.90 Å². The first kappa shape index (κ1) is 14.0. The van der Waals surface area contributed by atoms with Gasteiger partial charge in [0.05, 0.1) is 5.69 Å². The monoisotopic (exact) mass is 274 g/mol. The molecule has 2 N–H and O–H groups in total. The zero-order chi connectivity index (χ0) is 14.5. The number of carboxylic acids is 1. The van der Waals surface area contributed by atoms with Gasteiger partial charge in [-0.2, -0.15) is 0 Å². The summed E-state index contributed by atoms with van der Waals surface area (Å²) in [7, 11) is 0. The van der Waals surface area contributed by atoms with Crippen molar-refractivity contribution in [2.45, 2.75) is 26.7 Å². The lowest BCUT2D eigenvalue weighted by molar-refractivity contribution is 0.0691. The number of anilines is 1. The number of hydrogen-bond donors (Lipinski definition) is 2. The number of nitrogens with zero attached hydrogens (tertiary/aromatic N) is 3. The van der Waals surface area contributed by atoms with Gasteiger partial charge in [-0.15, -0.1) is 15.0 Å². The summed E-state index contributed by atoms with van der Waals surface area (Å²) in [4.78, 5) is 12.6. The number of aromatic carboxylic acids is 1. The Bertz CT molecular complexity index is 607. The van der Waals surface area contributed by atoms with Crippen LogP contribution in [0.4, 0.5) is 5.82 Å². The van der Waals surface area contributed by atoms with Crippen LogP contribution in [0.25, 0.3) is 5.69 Å². The summed E-state index contributed by atoms with van der Waals surface area (Å²) in [6, 6.07) is 7.70. The number of aromatic nitrogens is 3. The molecule has 0 unspecified atom stereocenters. The molecule has 1 aromatic heterocycles. The maximum Gasteiger partial charge on any atom is 0.360 e. The van der Waals surface area contributed by atoms with Crippen molar-refractivity contribution in [3.05, 3.63) is 35.5 Å². The molecule has 20 heavy (non-hydrogen) atoms. The molecule has 0 aliphatic rings. The third-order valence-electron chi connectivity index (χ3n) is 2.95. The van der Waals surface area contributed by atoms with Gasteiger partial charge in [-0.1, -0.05) is 32.0 Å². The lowest BCUT2D eigenvalue weighted by Gasteiger charge is -2.05. The molecule has 1 heterocycles. The number of nitrogens with one attached hydrogen (secondary N) is 1. The lowest BCUT2D eigenvalue weighted by Crippen LogP contribution is -2.06. The molecule has 0 atom stereocenters. The first-order chi connectivity index (χ1) is 9.67. The standard InChI is InChI=1S/C14H18N4O2/c1-3-9-15-13-12(14(19)20)16-18(17-13)11-8-6-5-7-10(11)4-2/h5-8H,3-4,9H2,1-2H3,(H,15,17)(H,19,20). The van der Waals surface area contributed by atoms with Gasteiger partial charge in [-0.3, -0.25) is 0 Å². The highest BCUT2D eigenvalue weighted by molar-refractivity contribution is 5.90. The Balaban J connectivity index is 2.44. The maximum absolute atomic E-state index is 11.2. The molecule has 0 bridgehead atoms. The van der Waals surface area contributed by atoms with Gasteiger partial charge in [-0.05, 0) is 24.5 Å². The van der Waals surface area contributed by atoms with Crippen LogP contribution in [0, 0.1) is 0 Å². The summed E-state index contributed by atoms with van der Waals surface area (Å²) in [5, 5.41) is 20.5. The fourth-order valence-corrected chi connectivity index (χ4v) is 1.93. The first-order valence-electron chi connectivity index (χ1n) is 6.70. The van der Waals surface area contributed by atoms with Gasteiger partial charge in [-0.25, -0.2) is 4.79 Å². The highest BCUT2D eigenvalue weighted by Gasteiger charge is 2.18. The number of hydrogen-bond acceptors (Lipinski definition) is 4. The molecule has 0 aliphatic heterocycles. The smallest absolute Gasteiger partial charge is 0.360 e. The Hall–Kier alpha value is -2.37. The Morgan fingerprint density at radius 2 is 2.05 bits per heavy atom. The molecule has 0 amide bonds. The number of para-hydroxylation sites is 1. The second-order valence-corrected chi connectivity index (χ2v) is 4.40. The van der Waals surface area contributed by atoms with Crippen molar-refractivity contribution in [3.63, 3.8) is 0 Å². The van der Waals surface area contributed by atoms with Crippen molar-refractivity contribution in [1.29, 1.82) is 0 Å². The highest BCUT2D eigenvalue weighted by Crippen LogP contribution is 2.17. The number of rotatable bonds is 6. The molecule has 0 spiro atoms. The summed E-state index contributed by atoms with van der Waals surface area (Å²) in [6.45, 7) is 4.70. The second kappa shape index (κ2) is 6.18. The topological polar surface area (TPSA) is 80.0 Å². The van der Waals surface area contributed by atoms with E-state index in [-0.39, 0.29) is 5.69 Å². The average Bonchev–Trinajstić information content (AvgIpc) is 2.89. The van der Waals surface area contributed by atoms with Gasteiger partial charge in [0.2, 0.25) is 5.69 Å². The van der Waals surface area contributed by atoms with E-state index in [0.717, 1.165) is 24.1 Å². The zero-order valence-electron chi connectivity index (χ0n) is 11.6. The van der Waals surface area contributed by atoms with E-state index >= 15 is 0 Å². The average molecular weight is 274 g/mol. The summed E-state index contributed by atoms with van der Waals surface area (Å²) in [6.07, 6.45) is 1.72. The lowest BCUT2D eigenvalue weighted by atomic mass is 10.1. The van der Waals surface area contributed by atoms with Crippen molar-refractivity contribution in [2.75, 3.05) is 11.9 Å². The Morgan fingerprint density at radius 1 is 1.30 bits per heavy atom. The van der Waals surface area contributed by atoms with Crippen LogP contribution in [0.2, 0.25) is 0 Å². The minimum absolute atomic E-state index is 0.0515. The van der Waals surface area contributed by atoms with Crippen molar-refractivity contribution in [3.8, 4) is 5.69 Å². The Kier molecular flexibility index (Phi) is 4.34. The van der Waals surface area contributed by atoms with Crippen LogP contribution in [-0.2, 0) is 6.42 Å². The molecule has 1 aromatic carbocycles. The van der Waals surface area contributed by atoms with Gasteiger partial charge in [0, 0.05) is 6.54 Å².